The van der Waals surface area contributed by atoms with Crippen LogP contribution >= 0.6 is 0 Å². The van der Waals surface area contributed by atoms with Crippen LogP contribution < -0.4 is 5.73 Å². The molecule has 0 saturated carbocycles. The highest BCUT2D eigenvalue weighted by Gasteiger charge is 2.01. The van der Waals surface area contributed by atoms with Crippen LogP contribution in [-0.4, -0.2) is 42.6 Å². The summed E-state index contributed by atoms with van der Waals surface area (Å²) in [5.41, 5.74) is 4.92. The number of rotatable bonds is 4. The van der Waals surface area contributed by atoms with E-state index in [0.29, 0.717) is 6.26 Å². The van der Waals surface area contributed by atoms with Crippen molar-refractivity contribution in [2.75, 3.05) is 12.8 Å². The summed E-state index contributed by atoms with van der Waals surface area (Å²) in [5.74, 6) is -1.17. The van der Waals surface area contributed by atoms with E-state index in [4.69, 9.17) is 15.4 Å². The highest BCUT2D eigenvalue weighted by molar-refractivity contribution is 7.85. The van der Waals surface area contributed by atoms with Crippen LogP contribution in [-0.2, 0) is 19.7 Å². The zero-order chi connectivity index (χ0) is 11.8. The van der Waals surface area contributed by atoms with Crippen LogP contribution in [0.4, 0.5) is 0 Å². The van der Waals surface area contributed by atoms with Gasteiger partial charge in [0.2, 0.25) is 0 Å². The van der Waals surface area contributed by atoms with Crippen LogP contribution in [0.2, 0.25) is 0 Å². The van der Waals surface area contributed by atoms with Gasteiger partial charge in [-0.3, -0.25) is 14.1 Å². The van der Waals surface area contributed by atoms with Gasteiger partial charge in [-0.15, -0.1) is 0 Å². The molecular formula is C6H13NO6S. The number of hydrogen-bond donors (Lipinski definition) is 3. The number of ketones is 1. The lowest BCUT2D eigenvalue weighted by molar-refractivity contribution is -0.138. The van der Waals surface area contributed by atoms with E-state index in [0.717, 1.165) is 0 Å². The second-order valence-corrected chi connectivity index (χ2v) is 3.84. The Kier molecular flexibility index (Phi) is 8.20. The van der Waals surface area contributed by atoms with E-state index >= 15 is 0 Å². The molecule has 0 amide bonds. The summed E-state index contributed by atoms with van der Waals surface area (Å²) in [4.78, 5) is 20.2. The number of carbonyl (C=O) groups excluding carboxylic acids is 1. The molecule has 0 aromatic rings. The average Bonchev–Trinajstić information content (AvgIpc) is 1.96. The van der Waals surface area contributed by atoms with Crippen molar-refractivity contribution in [1.82, 2.24) is 0 Å². The van der Waals surface area contributed by atoms with Gasteiger partial charge in [-0.1, -0.05) is 0 Å². The monoisotopic (exact) mass is 227 g/mol. The van der Waals surface area contributed by atoms with Crippen molar-refractivity contribution in [3.63, 3.8) is 0 Å². The largest absolute Gasteiger partial charge is 0.481 e. The predicted molar refractivity (Wildman–Crippen MR) is 48.4 cm³/mol. The molecule has 7 nitrogen and oxygen atoms in total. The Hall–Kier alpha value is -0.990. The normalized spacial score (nSPS) is 9.93. The topological polar surface area (TPSA) is 135 Å². The maximum absolute atomic E-state index is 10.3. The van der Waals surface area contributed by atoms with Gasteiger partial charge in [0.15, 0.2) is 0 Å². The molecule has 4 N–H and O–H groups in total. The van der Waals surface area contributed by atoms with E-state index in [-0.39, 0.29) is 25.2 Å². The fraction of sp³-hybridized carbons (Fsp3) is 0.667. The van der Waals surface area contributed by atoms with Gasteiger partial charge in [0, 0.05) is 6.42 Å². The molecule has 0 heterocycles. The number of carboxylic acids is 1. The third-order valence-corrected chi connectivity index (χ3v) is 0.845. The fourth-order valence-electron chi connectivity index (χ4n) is 0.348. The summed E-state index contributed by atoms with van der Waals surface area (Å²) in [6.45, 7) is -0.0622. The van der Waals surface area contributed by atoms with Gasteiger partial charge < -0.3 is 10.8 Å². The summed E-state index contributed by atoms with van der Waals surface area (Å²) in [5, 5.41) is 8.06. The van der Waals surface area contributed by atoms with Crippen molar-refractivity contribution in [1.29, 1.82) is 0 Å². The minimum absolute atomic E-state index is 0.0475. The van der Waals surface area contributed by atoms with E-state index in [1.54, 1.807) is 0 Å². The summed E-state index contributed by atoms with van der Waals surface area (Å²) in [6, 6.07) is 0. The highest BCUT2D eigenvalue weighted by atomic mass is 32.2. The van der Waals surface area contributed by atoms with Gasteiger partial charge >= 0.3 is 5.97 Å². The first kappa shape index (κ1) is 15.5. The Morgan fingerprint density at radius 3 is 1.86 bits per heavy atom. The van der Waals surface area contributed by atoms with Crippen LogP contribution in [0, 0.1) is 0 Å². The van der Waals surface area contributed by atoms with E-state index in [2.05, 4.69) is 0 Å². The van der Waals surface area contributed by atoms with Gasteiger partial charge in [-0.05, 0) is 0 Å². The quantitative estimate of drug-likeness (QED) is 0.518. The molecule has 14 heavy (non-hydrogen) atoms. The zero-order valence-corrected chi connectivity index (χ0v) is 8.45. The van der Waals surface area contributed by atoms with Crippen LogP contribution in [0.25, 0.3) is 0 Å². The SMILES string of the molecule is CS(=O)(=O)O.NCC(=O)CCC(=O)O. The number of nitrogens with two attached hydrogens (primary N) is 1. The van der Waals surface area contributed by atoms with Crippen molar-refractivity contribution in [3.8, 4) is 0 Å². The first-order valence-corrected chi connectivity index (χ1v) is 5.37. The third kappa shape index (κ3) is 30.5. The highest BCUT2D eigenvalue weighted by Crippen LogP contribution is 1.87. The summed E-state index contributed by atoms with van der Waals surface area (Å²) in [6.07, 6.45) is 0.648. The Labute approximate surface area is 81.7 Å². The maximum Gasteiger partial charge on any atom is 0.303 e. The molecule has 0 aliphatic rings. The van der Waals surface area contributed by atoms with Crippen molar-refractivity contribution in [2.45, 2.75) is 12.8 Å². The van der Waals surface area contributed by atoms with Gasteiger partial charge in [0.05, 0.1) is 19.2 Å². The van der Waals surface area contributed by atoms with E-state index in [1.165, 1.54) is 0 Å². The molecule has 0 fully saturated rings. The van der Waals surface area contributed by atoms with Gasteiger partial charge in [0.25, 0.3) is 10.1 Å². The van der Waals surface area contributed by atoms with Crippen molar-refractivity contribution >= 4 is 21.9 Å². The second-order valence-electron chi connectivity index (χ2n) is 2.37. The molecule has 8 heteroatoms. The molecular weight excluding hydrogens is 214 g/mol. The standard InChI is InChI=1S/C5H9NO3.CH4O3S/c6-3-4(7)1-2-5(8)9;1-5(2,3)4/h1-3,6H2,(H,8,9);1H3,(H,2,3,4). The Morgan fingerprint density at radius 2 is 1.64 bits per heavy atom. The minimum Gasteiger partial charge on any atom is -0.481 e. The Balaban J connectivity index is 0. The maximum atomic E-state index is 10.3. The number of carboxylic acid groups (broad SMARTS) is 1. The Morgan fingerprint density at radius 1 is 1.29 bits per heavy atom. The molecule has 0 rings (SSSR count). The van der Waals surface area contributed by atoms with Crippen LogP contribution in [0.15, 0.2) is 0 Å². The van der Waals surface area contributed by atoms with Crippen LogP contribution in [0.1, 0.15) is 12.8 Å². The molecule has 0 aliphatic heterocycles. The molecule has 0 aliphatic carbocycles. The summed E-state index contributed by atoms with van der Waals surface area (Å²) < 4.78 is 25.9. The van der Waals surface area contributed by atoms with E-state index < -0.39 is 16.1 Å². The number of aliphatic carboxylic acids is 1. The van der Waals surface area contributed by atoms with Gasteiger partial charge in [-0.25, -0.2) is 0 Å². The molecule has 84 valence electrons. The molecule has 0 aromatic carbocycles. The molecule has 0 atom stereocenters. The van der Waals surface area contributed by atoms with E-state index in [9.17, 15) is 18.0 Å². The van der Waals surface area contributed by atoms with Gasteiger partial charge in [0.1, 0.15) is 5.78 Å². The number of Topliss-reactive ketones (excluding diaryl/α,β-unsaturated/α-hetero) is 1. The van der Waals surface area contributed by atoms with Gasteiger partial charge in [-0.2, -0.15) is 8.42 Å². The first-order chi connectivity index (χ1) is 6.16. The van der Waals surface area contributed by atoms with Crippen molar-refractivity contribution in [3.05, 3.63) is 0 Å². The number of hydrogen-bond acceptors (Lipinski definition) is 5. The predicted octanol–water partition coefficient (Wildman–Crippen LogP) is -1.12. The fourth-order valence-corrected chi connectivity index (χ4v) is 0.348. The molecule has 0 spiro atoms. The molecule has 0 radical (unpaired) electrons. The van der Waals surface area contributed by atoms with E-state index in [1.807, 2.05) is 0 Å². The lowest BCUT2D eigenvalue weighted by atomic mass is 10.2. The second kappa shape index (κ2) is 7.42. The molecule has 0 aromatic heterocycles. The Bertz CT molecular complexity index is 275. The molecule has 0 saturated heterocycles. The lowest BCUT2D eigenvalue weighted by Crippen LogP contribution is -2.14. The molecule has 0 bridgehead atoms. The summed E-state index contributed by atoms with van der Waals surface area (Å²) in [7, 11) is -3.67. The van der Waals surface area contributed by atoms with Crippen molar-refractivity contribution in [2.24, 2.45) is 5.73 Å². The lowest BCUT2D eigenvalue weighted by Gasteiger charge is -1.90. The smallest absolute Gasteiger partial charge is 0.303 e. The summed E-state index contributed by atoms with van der Waals surface area (Å²) >= 11 is 0. The molecule has 0 unspecified atom stereocenters. The minimum atomic E-state index is -3.67. The first-order valence-electron chi connectivity index (χ1n) is 3.52. The zero-order valence-electron chi connectivity index (χ0n) is 7.63. The average molecular weight is 227 g/mol. The number of carbonyl (C=O) groups is 2. The van der Waals surface area contributed by atoms with Crippen LogP contribution in [0.5, 0.6) is 0 Å². The van der Waals surface area contributed by atoms with Crippen LogP contribution in [0.3, 0.4) is 0 Å². The van der Waals surface area contributed by atoms with Crippen molar-refractivity contribution < 1.29 is 27.7 Å². The third-order valence-electron chi connectivity index (χ3n) is 0.845.